The van der Waals surface area contributed by atoms with Crippen LogP contribution >= 0.6 is 12.2 Å². The second-order valence-corrected chi connectivity index (χ2v) is 5.51. The summed E-state index contributed by atoms with van der Waals surface area (Å²) in [5.41, 5.74) is -2.73. The minimum atomic E-state index is -1.61. The van der Waals surface area contributed by atoms with E-state index in [4.69, 9.17) is 17.0 Å². The van der Waals surface area contributed by atoms with Crippen LogP contribution in [0.3, 0.4) is 0 Å². The van der Waals surface area contributed by atoms with Crippen LogP contribution in [-0.2, 0) is 4.74 Å². The van der Waals surface area contributed by atoms with Crippen LogP contribution in [0.15, 0.2) is 17.1 Å². The maximum absolute atomic E-state index is 14.7. The molecule has 0 aromatic carbocycles. The number of aliphatic hydroxyl groups is 1. The Morgan fingerprint density at radius 3 is 3.06 bits per heavy atom. The Morgan fingerprint density at radius 1 is 1.78 bits per heavy atom. The third-order valence-electron chi connectivity index (χ3n) is 3.91. The van der Waals surface area contributed by atoms with Crippen LogP contribution in [0, 0.1) is 10.7 Å². The first-order valence-electron chi connectivity index (χ1n) is 5.70. The van der Waals surface area contributed by atoms with Gasteiger partial charge in [-0.1, -0.05) is 0 Å². The molecular weight excluding hydrogens is 259 g/mol. The molecule has 2 heterocycles. The molecule has 0 radical (unpaired) electrons. The quantitative estimate of drug-likeness (QED) is 0.785. The number of hydrogen-bond donors (Lipinski definition) is 2. The molecule has 1 aromatic heterocycles. The van der Waals surface area contributed by atoms with Crippen molar-refractivity contribution in [3.63, 3.8) is 0 Å². The Balaban J connectivity index is 2.03. The zero-order chi connectivity index (χ0) is 13.1. The van der Waals surface area contributed by atoms with Gasteiger partial charge in [0, 0.05) is 18.2 Å². The first kappa shape index (κ1) is 12.0. The van der Waals surface area contributed by atoms with E-state index in [1.807, 2.05) is 0 Å². The molecule has 18 heavy (non-hydrogen) atoms. The molecule has 1 aliphatic carbocycles. The standard InChI is InChI=1S/C11H13FN2O3S/c1-10(12)6-4-11(6,5-15)17-8(10)14-3-2-7(16)13-9(14)18/h2-3,6,8,15H,4-5H2,1H3,(H,13,16,18). The van der Waals surface area contributed by atoms with Crippen molar-refractivity contribution < 1.29 is 14.2 Å². The molecule has 2 aliphatic rings. The summed E-state index contributed by atoms with van der Waals surface area (Å²) >= 11 is 5.00. The van der Waals surface area contributed by atoms with Gasteiger partial charge in [-0.3, -0.25) is 14.3 Å². The van der Waals surface area contributed by atoms with Crippen molar-refractivity contribution >= 4 is 12.2 Å². The van der Waals surface area contributed by atoms with Gasteiger partial charge in [0.25, 0.3) is 5.56 Å². The number of aromatic nitrogens is 2. The maximum Gasteiger partial charge on any atom is 0.251 e. The molecule has 1 aliphatic heterocycles. The lowest BCUT2D eigenvalue weighted by Gasteiger charge is -2.27. The third kappa shape index (κ3) is 1.44. The number of ether oxygens (including phenoxy) is 1. The first-order valence-corrected chi connectivity index (χ1v) is 6.10. The number of hydrogen-bond acceptors (Lipinski definition) is 4. The summed E-state index contributed by atoms with van der Waals surface area (Å²) in [6.07, 6.45) is 1.02. The molecule has 2 fully saturated rings. The van der Waals surface area contributed by atoms with Crippen LogP contribution in [0.4, 0.5) is 4.39 Å². The number of fused-ring (bicyclic) bond motifs is 1. The average Bonchev–Trinajstić information content (AvgIpc) is 2.98. The highest BCUT2D eigenvalue weighted by atomic mass is 32.1. The monoisotopic (exact) mass is 272 g/mol. The van der Waals surface area contributed by atoms with Gasteiger partial charge in [0.2, 0.25) is 0 Å². The fourth-order valence-electron chi connectivity index (χ4n) is 2.79. The Morgan fingerprint density at radius 2 is 2.50 bits per heavy atom. The molecule has 1 aromatic rings. The van der Waals surface area contributed by atoms with Crippen molar-refractivity contribution in [3.8, 4) is 0 Å². The number of aromatic amines is 1. The summed E-state index contributed by atoms with van der Waals surface area (Å²) in [5.74, 6) is -0.325. The number of nitrogens with zero attached hydrogens (tertiary/aromatic N) is 1. The van der Waals surface area contributed by atoms with Gasteiger partial charge in [-0.25, -0.2) is 4.39 Å². The van der Waals surface area contributed by atoms with Gasteiger partial charge in [-0.05, 0) is 25.6 Å². The Kier molecular flexibility index (Phi) is 2.33. The summed E-state index contributed by atoms with van der Waals surface area (Å²) in [6.45, 7) is 1.24. The van der Waals surface area contributed by atoms with Gasteiger partial charge in [0.05, 0.1) is 6.61 Å². The first-order chi connectivity index (χ1) is 8.40. The van der Waals surface area contributed by atoms with Crippen molar-refractivity contribution in [1.82, 2.24) is 9.55 Å². The van der Waals surface area contributed by atoms with Crippen molar-refractivity contribution in [2.24, 2.45) is 5.92 Å². The largest absolute Gasteiger partial charge is 0.393 e. The average molecular weight is 272 g/mol. The van der Waals surface area contributed by atoms with Crippen LogP contribution in [0.1, 0.15) is 19.6 Å². The Labute approximate surface area is 107 Å². The fourth-order valence-corrected chi connectivity index (χ4v) is 3.05. The van der Waals surface area contributed by atoms with Gasteiger partial charge in [-0.15, -0.1) is 0 Å². The summed E-state index contributed by atoms with van der Waals surface area (Å²) in [5, 5.41) is 9.29. The molecule has 0 amide bonds. The zero-order valence-electron chi connectivity index (χ0n) is 9.72. The predicted octanol–water partition coefficient (Wildman–Crippen LogP) is 0.914. The lowest BCUT2D eigenvalue weighted by atomic mass is 10.0. The highest BCUT2D eigenvalue weighted by Crippen LogP contribution is 2.65. The van der Waals surface area contributed by atoms with E-state index in [0.29, 0.717) is 6.42 Å². The van der Waals surface area contributed by atoms with Gasteiger partial charge in [0.1, 0.15) is 5.60 Å². The normalized spacial score (nSPS) is 41.7. The lowest BCUT2D eigenvalue weighted by molar-refractivity contribution is -0.101. The topological polar surface area (TPSA) is 67.2 Å². The van der Waals surface area contributed by atoms with Gasteiger partial charge in [0.15, 0.2) is 16.7 Å². The van der Waals surface area contributed by atoms with E-state index in [1.165, 1.54) is 23.8 Å². The number of rotatable bonds is 2. The molecule has 2 N–H and O–H groups in total. The summed E-state index contributed by atoms with van der Waals surface area (Å²) < 4.78 is 21.9. The number of alkyl halides is 1. The SMILES string of the molecule is CC1(F)C(n2ccc(=O)[nH]c2=S)OC2(CO)CC21. The van der Waals surface area contributed by atoms with Crippen LogP contribution in [0.25, 0.3) is 0 Å². The Hall–Kier alpha value is -1.05. The van der Waals surface area contributed by atoms with Crippen LogP contribution in [-0.4, -0.2) is 32.5 Å². The number of halogens is 1. The molecule has 7 heteroatoms. The third-order valence-corrected chi connectivity index (χ3v) is 4.22. The van der Waals surface area contributed by atoms with Crippen LogP contribution < -0.4 is 5.56 Å². The second-order valence-electron chi connectivity index (χ2n) is 5.12. The molecule has 5 nitrogen and oxygen atoms in total. The van der Waals surface area contributed by atoms with E-state index < -0.39 is 17.5 Å². The summed E-state index contributed by atoms with van der Waals surface area (Å²) in [7, 11) is 0. The molecular formula is C11H13FN2O3S. The predicted molar refractivity (Wildman–Crippen MR) is 63.4 cm³/mol. The minimum absolute atomic E-state index is 0.116. The van der Waals surface area contributed by atoms with Crippen molar-refractivity contribution in [3.05, 3.63) is 27.4 Å². The van der Waals surface area contributed by atoms with Crippen LogP contribution in [0.5, 0.6) is 0 Å². The molecule has 0 spiro atoms. The maximum atomic E-state index is 14.7. The molecule has 1 saturated carbocycles. The van der Waals surface area contributed by atoms with Crippen LogP contribution in [0.2, 0.25) is 0 Å². The minimum Gasteiger partial charge on any atom is -0.393 e. The Bertz CT molecular complexity index is 611. The van der Waals surface area contributed by atoms with E-state index in [9.17, 15) is 14.3 Å². The van der Waals surface area contributed by atoms with Crippen molar-refractivity contribution in [2.75, 3.05) is 6.61 Å². The molecule has 4 unspecified atom stereocenters. The number of nitrogens with one attached hydrogen (secondary N) is 1. The lowest BCUT2D eigenvalue weighted by Crippen LogP contribution is -2.33. The van der Waals surface area contributed by atoms with Gasteiger partial charge >= 0.3 is 0 Å². The molecule has 3 rings (SSSR count). The van der Waals surface area contributed by atoms with E-state index in [2.05, 4.69) is 4.98 Å². The van der Waals surface area contributed by atoms with Gasteiger partial charge in [-0.2, -0.15) is 0 Å². The molecule has 98 valence electrons. The van der Waals surface area contributed by atoms with Crippen molar-refractivity contribution in [2.45, 2.75) is 30.8 Å². The van der Waals surface area contributed by atoms with Gasteiger partial charge < -0.3 is 9.84 Å². The molecule has 0 bridgehead atoms. The molecule has 1 saturated heterocycles. The summed E-state index contributed by atoms with van der Waals surface area (Å²) in [6, 6.07) is 1.27. The molecule has 4 atom stereocenters. The highest BCUT2D eigenvalue weighted by Gasteiger charge is 2.73. The van der Waals surface area contributed by atoms with E-state index in [1.54, 1.807) is 0 Å². The number of H-pyrrole nitrogens is 1. The number of aliphatic hydroxyl groups excluding tert-OH is 1. The highest BCUT2D eigenvalue weighted by molar-refractivity contribution is 7.71. The van der Waals surface area contributed by atoms with E-state index in [-0.39, 0.29) is 22.9 Å². The zero-order valence-corrected chi connectivity index (χ0v) is 10.5. The van der Waals surface area contributed by atoms with Crippen molar-refractivity contribution in [1.29, 1.82) is 0 Å². The smallest absolute Gasteiger partial charge is 0.251 e. The fraction of sp³-hybridized carbons (Fsp3) is 0.636. The van der Waals surface area contributed by atoms with E-state index in [0.717, 1.165) is 0 Å². The second kappa shape index (κ2) is 3.49. The van der Waals surface area contributed by atoms with E-state index >= 15 is 0 Å². The summed E-state index contributed by atoms with van der Waals surface area (Å²) in [4.78, 5) is 13.5.